The first-order valence-electron chi connectivity index (χ1n) is 8.84. The van der Waals surface area contributed by atoms with Gasteiger partial charge in [-0.1, -0.05) is 42.5 Å². The lowest BCUT2D eigenvalue weighted by Crippen LogP contribution is -2.55. The summed E-state index contributed by atoms with van der Waals surface area (Å²) in [5.41, 5.74) is -0.515. The second-order valence-electron chi connectivity index (χ2n) is 6.53. The minimum Gasteiger partial charge on any atom is -0.328 e. The van der Waals surface area contributed by atoms with E-state index in [9.17, 15) is 27.6 Å². The van der Waals surface area contributed by atoms with Crippen LogP contribution in [0.25, 0.3) is 0 Å². The number of carbonyl (C=O) groups excluding carboxylic acids is 3. The molecule has 1 aliphatic heterocycles. The SMILES string of the molecule is O=C(CN1CCN(Cc2ccccc2)C(=O)C1=O)Nc1ccccc1C(F)(F)F. The maximum Gasteiger partial charge on any atom is 0.418 e. The fraction of sp³-hybridized carbons (Fsp3) is 0.250. The highest BCUT2D eigenvalue weighted by atomic mass is 19.4. The average molecular weight is 405 g/mol. The number of amides is 3. The van der Waals surface area contributed by atoms with Crippen molar-refractivity contribution in [2.45, 2.75) is 12.7 Å². The van der Waals surface area contributed by atoms with Crippen molar-refractivity contribution in [3.63, 3.8) is 0 Å². The number of anilines is 1. The van der Waals surface area contributed by atoms with Gasteiger partial charge in [-0.2, -0.15) is 13.2 Å². The molecule has 3 amide bonds. The largest absolute Gasteiger partial charge is 0.418 e. The Hall–Kier alpha value is -3.36. The number of hydrogen-bond donors (Lipinski definition) is 1. The number of halogens is 3. The van der Waals surface area contributed by atoms with Crippen LogP contribution in [0, 0.1) is 0 Å². The lowest BCUT2D eigenvalue weighted by atomic mass is 10.1. The Balaban J connectivity index is 1.61. The zero-order chi connectivity index (χ0) is 21.0. The van der Waals surface area contributed by atoms with Gasteiger partial charge in [0.25, 0.3) is 0 Å². The van der Waals surface area contributed by atoms with Crippen LogP contribution in [0.4, 0.5) is 18.9 Å². The van der Waals surface area contributed by atoms with Gasteiger partial charge in [0.2, 0.25) is 5.91 Å². The highest BCUT2D eigenvalue weighted by Gasteiger charge is 2.35. The lowest BCUT2D eigenvalue weighted by molar-refractivity contribution is -0.157. The van der Waals surface area contributed by atoms with Gasteiger partial charge in [-0.15, -0.1) is 0 Å². The highest BCUT2D eigenvalue weighted by molar-refractivity contribution is 6.35. The summed E-state index contributed by atoms with van der Waals surface area (Å²) >= 11 is 0. The molecule has 0 unspecified atom stereocenters. The highest BCUT2D eigenvalue weighted by Crippen LogP contribution is 2.34. The van der Waals surface area contributed by atoms with Gasteiger partial charge >= 0.3 is 18.0 Å². The van der Waals surface area contributed by atoms with Crippen LogP contribution in [0.2, 0.25) is 0 Å². The van der Waals surface area contributed by atoms with Crippen LogP contribution in [-0.2, 0) is 27.1 Å². The summed E-state index contributed by atoms with van der Waals surface area (Å²) in [4.78, 5) is 39.2. The number of para-hydroxylation sites is 1. The Morgan fingerprint density at radius 3 is 2.17 bits per heavy atom. The van der Waals surface area contributed by atoms with Crippen molar-refractivity contribution in [3.05, 3.63) is 65.7 Å². The number of nitrogens with one attached hydrogen (secondary N) is 1. The number of piperazine rings is 1. The Morgan fingerprint density at radius 2 is 1.48 bits per heavy atom. The molecule has 0 atom stereocenters. The van der Waals surface area contributed by atoms with Gasteiger partial charge < -0.3 is 15.1 Å². The molecule has 9 heteroatoms. The van der Waals surface area contributed by atoms with Crippen molar-refractivity contribution in [2.75, 3.05) is 25.0 Å². The summed E-state index contributed by atoms with van der Waals surface area (Å²) in [6.07, 6.45) is -4.63. The molecule has 0 bridgehead atoms. The predicted octanol–water partition coefficient (Wildman–Crippen LogP) is 2.51. The number of rotatable bonds is 5. The van der Waals surface area contributed by atoms with E-state index in [-0.39, 0.29) is 19.6 Å². The zero-order valence-electron chi connectivity index (χ0n) is 15.3. The molecule has 1 N–H and O–H groups in total. The molecular weight excluding hydrogens is 387 g/mol. The molecule has 152 valence electrons. The molecule has 1 heterocycles. The van der Waals surface area contributed by atoms with Crippen LogP contribution in [0.1, 0.15) is 11.1 Å². The molecule has 0 aliphatic carbocycles. The summed E-state index contributed by atoms with van der Waals surface area (Å²) in [7, 11) is 0. The van der Waals surface area contributed by atoms with Crippen LogP contribution in [-0.4, -0.2) is 47.2 Å². The van der Waals surface area contributed by atoms with Gasteiger partial charge in [-0.3, -0.25) is 14.4 Å². The third-order valence-electron chi connectivity index (χ3n) is 4.45. The van der Waals surface area contributed by atoms with Crippen molar-refractivity contribution in [1.82, 2.24) is 9.80 Å². The smallest absolute Gasteiger partial charge is 0.328 e. The molecule has 0 radical (unpaired) electrons. The van der Waals surface area contributed by atoms with E-state index in [0.717, 1.165) is 22.6 Å². The Labute approximate surface area is 164 Å². The van der Waals surface area contributed by atoms with Gasteiger partial charge in [0, 0.05) is 19.6 Å². The van der Waals surface area contributed by atoms with Crippen LogP contribution < -0.4 is 5.32 Å². The van der Waals surface area contributed by atoms with Gasteiger partial charge in [-0.25, -0.2) is 0 Å². The second kappa shape index (κ2) is 8.34. The molecule has 3 rings (SSSR count). The third-order valence-corrected chi connectivity index (χ3v) is 4.45. The first kappa shape index (κ1) is 20.4. The summed E-state index contributed by atoms with van der Waals surface area (Å²) in [6, 6.07) is 13.7. The molecule has 0 aromatic heterocycles. The molecule has 29 heavy (non-hydrogen) atoms. The molecule has 0 spiro atoms. The van der Waals surface area contributed by atoms with E-state index in [0.29, 0.717) is 0 Å². The molecule has 2 aromatic carbocycles. The van der Waals surface area contributed by atoms with Crippen molar-refractivity contribution < 1.29 is 27.6 Å². The van der Waals surface area contributed by atoms with E-state index >= 15 is 0 Å². The Morgan fingerprint density at radius 1 is 0.897 bits per heavy atom. The minimum absolute atomic E-state index is 0.117. The van der Waals surface area contributed by atoms with Crippen molar-refractivity contribution in [2.24, 2.45) is 0 Å². The average Bonchev–Trinajstić information content (AvgIpc) is 2.68. The van der Waals surface area contributed by atoms with Crippen LogP contribution >= 0.6 is 0 Å². The molecular formula is C20H18F3N3O3. The zero-order valence-corrected chi connectivity index (χ0v) is 15.3. The molecule has 1 aliphatic rings. The van der Waals surface area contributed by atoms with Crippen LogP contribution in [0.5, 0.6) is 0 Å². The number of carbonyl (C=O) groups is 3. The van der Waals surface area contributed by atoms with E-state index in [2.05, 4.69) is 5.32 Å². The monoisotopic (exact) mass is 405 g/mol. The van der Waals surface area contributed by atoms with E-state index in [1.54, 1.807) is 0 Å². The quantitative estimate of drug-likeness (QED) is 0.778. The fourth-order valence-electron chi connectivity index (χ4n) is 3.02. The summed E-state index contributed by atoms with van der Waals surface area (Å²) in [5.74, 6) is -2.41. The Bertz CT molecular complexity index is 916. The summed E-state index contributed by atoms with van der Waals surface area (Å²) in [5, 5.41) is 2.17. The van der Waals surface area contributed by atoms with E-state index < -0.39 is 41.7 Å². The molecule has 0 saturated carbocycles. The first-order chi connectivity index (χ1) is 13.8. The molecule has 2 aromatic rings. The summed E-state index contributed by atoms with van der Waals surface area (Å²) < 4.78 is 39.1. The van der Waals surface area contributed by atoms with Gasteiger partial charge in [0.1, 0.15) is 6.54 Å². The number of benzene rings is 2. The maximum atomic E-state index is 13.0. The second-order valence-corrected chi connectivity index (χ2v) is 6.53. The van der Waals surface area contributed by atoms with Crippen molar-refractivity contribution >= 4 is 23.4 Å². The van der Waals surface area contributed by atoms with Crippen molar-refractivity contribution in [3.8, 4) is 0 Å². The Kier molecular flexibility index (Phi) is 5.86. The van der Waals surface area contributed by atoms with Crippen LogP contribution in [0.15, 0.2) is 54.6 Å². The summed E-state index contributed by atoms with van der Waals surface area (Å²) in [6.45, 7) is 0.109. The normalized spacial score (nSPS) is 14.9. The predicted molar refractivity (Wildman–Crippen MR) is 98.5 cm³/mol. The van der Waals surface area contributed by atoms with E-state index in [1.807, 2.05) is 30.3 Å². The standard InChI is InChI=1S/C20H18F3N3O3/c21-20(22,23)15-8-4-5-9-16(15)24-17(27)13-26-11-10-25(18(28)19(26)29)12-14-6-2-1-3-7-14/h1-9H,10-13H2,(H,24,27). The first-order valence-corrected chi connectivity index (χ1v) is 8.84. The van der Waals surface area contributed by atoms with Gasteiger partial charge in [0.05, 0.1) is 11.3 Å². The molecule has 6 nitrogen and oxygen atoms in total. The number of hydrogen-bond acceptors (Lipinski definition) is 3. The molecule has 1 saturated heterocycles. The van der Waals surface area contributed by atoms with E-state index in [4.69, 9.17) is 0 Å². The topological polar surface area (TPSA) is 69.7 Å². The minimum atomic E-state index is -4.63. The maximum absolute atomic E-state index is 13.0. The number of nitrogens with zero attached hydrogens (tertiary/aromatic N) is 2. The van der Waals surface area contributed by atoms with Crippen molar-refractivity contribution in [1.29, 1.82) is 0 Å². The van der Waals surface area contributed by atoms with Crippen LogP contribution in [0.3, 0.4) is 0 Å². The van der Waals surface area contributed by atoms with E-state index in [1.165, 1.54) is 17.0 Å². The lowest BCUT2D eigenvalue weighted by Gasteiger charge is -2.33. The fourth-order valence-corrected chi connectivity index (χ4v) is 3.02. The number of alkyl halides is 3. The van der Waals surface area contributed by atoms with Gasteiger partial charge in [0.15, 0.2) is 0 Å². The third kappa shape index (κ3) is 4.92. The van der Waals surface area contributed by atoms with Gasteiger partial charge in [-0.05, 0) is 17.7 Å². The molecule has 1 fully saturated rings.